The Kier molecular flexibility index (Phi) is 30.8. The third-order valence-corrected chi connectivity index (χ3v) is 20.7. The maximum Gasteiger partial charge on any atom is 0.259 e. The highest BCUT2D eigenvalue weighted by molar-refractivity contribution is 7.90. The molecular weight excluding hydrogens is 1650 g/mol. The molecule has 0 saturated heterocycles. The topological polar surface area (TPSA) is 307 Å². The van der Waals surface area contributed by atoms with Gasteiger partial charge < -0.3 is 46.5 Å². The zero-order valence-electron chi connectivity index (χ0n) is 63.7. The van der Waals surface area contributed by atoms with Crippen LogP contribution in [0, 0.1) is 0 Å². The highest BCUT2D eigenvalue weighted by Crippen LogP contribution is 2.37. The van der Waals surface area contributed by atoms with Crippen LogP contribution in [0.4, 0.5) is 33.7 Å². The van der Waals surface area contributed by atoms with Gasteiger partial charge in [0.2, 0.25) is 0 Å². The number of nitrogens with two attached hydrogens (primary N) is 1. The van der Waals surface area contributed by atoms with Crippen molar-refractivity contribution in [2.45, 2.75) is 11.4 Å². The zero-order valence-corrected chi connectivity index (χ0v) is 69.2. The van der Waals surface area contributed by atoms with Crippen LogP contribution in [0.2, 0.25) is 24.4 Å². The second kappa shape index (κ2) is 42.4. The SMILES string of the molecule is COc1cc(OC)cc(C(=O)Nc2ccc(Cl)c(-c3ccccn3)c2)c1.COc1ccc(C(=O)Nc2ccc(Cl)c(-c3ccccn3)c2)cc1.CS(=O)(=O)c1cccc(C(=O)Nc2ccc(Cl)c(-c3ccccn3)c2)c1.Clc1sc(NCc2ccccc2)nc1-c1ccccn1.Nc1ncccc1C(=O)Nc1ccc(Cl)c(-c2ccccn2)c1. The Hall–Kier alpha value is -13.4. The molecule has 0 atom stereocenters. The summed E-state index contributed by atoms with van der Waals surface area (Å²) in [7, 11) is 1.27. The molecular formula is C90H72Cl5N13O9S2. The monoisotopic (exact) mass is 1720 g/mol. The van der Waals surface area contributed by atoms with Gasteiger partial charge in [0.05, 0.1) is 80.3 Å². The first-order valence-electron chi connectivity index (χ1n) is 35.9. The molecule has 7 aromatic heterocycles. The molecule has 8 aromatic carbocycles. The number of nitrogens with one attached hydrogen (secondary N) is 5. The van der Waals surface area contributed by atoms with Crippen molar-refractivity contribution >= 4 is 137 Å². The molecule has 7 heterocycles. The Balaban J connectivity index is 0.000000146. The maximum absolute atomic E-state index is 12.6. The van der Waals surface area contributed by atoms with Crippen LogP contribution >= 0.6 is 69.3 Å². The number of hydrogen-bond acceptors (Lipinski definition) is 19. The first-order chi connectivity index (χ1) is 57.6. The quantitative estimate of drug-likeness (QED) is 0.0413. The lowest BCUT2D eigenvalue weighted by Gasteiger charge is -2.11. The van der Waals surface area contributed by atoms with Gasteiger partial charge in [0.25, 0.3) is 23.6 Å². The minimum absolute atomic E-state index is 0.0930. The van der Waals surface area contributed by atoms with E-state index < -0.39 is 15.7 Å². The number of carbonyl (C=O) groups is 4. The van der Waals surface area contributed by atoms with Crippen molar-refractivity contribution in [1.29, 1.82) is 0 Å². The Labute approximate surface area is 715 Å². The summed E-state index contributed by atoms with van der Waals surface area (Å²) in [5.74, 6) is 0.747. The zero-order chi connectivity index (χ0) is 84.2. The number of amides is 4. The van der Waals surface area contributed by atoms with Gasteiger partial charge in [-0.1, -0.05) is 136 Å². The first kappa shape index (κ1) is 86.4. The predicted molar refractivity (Wildman–Crippen MR) is 475 cm³/mol. The van der Waals surface area contributed by atoms with E-state index >= 15 is 0 Å². The van der Waals surface area contributed by atoms with E-state index in [2.05, 4.69) is 73.6 Å². The van der Waals surface area contributed by atoms with Gasteiger partial charge in [-0.15, -0.1) is 0 Å². The standard InChI is InChI=1S/C20H17ClN2O3.C19H15ClN2O3S.C19H15ClN2O2.C17H13ClN4O.C15H12ClN3S/c1-25-15-9-13(10-16(12-15)26-2)20(24)23-14-6-7-18(21)17(11-14)19-5-3-4-8-22-19;1-26(24,25)15-6-4-5-13(11-15)19(23)22-14-8-9-17(20)16(12-14)18-7-2-3-10-21-18;1-24-15-8-5-13(6-9-15)19(23)22-14-7-10-17(20)16(12-14)18-4-2-3-11-21-18;18-14-7-6-11(10-13(14)15-5-1-2-8-20-15)22-17(23)12-4-3-9-21-16(12)19;16-14-13(12-8-4-5-9-17-12)19-15(20-14)18-10-11-6-2-1-3-7-11/h3-12H,1-2H3,(H,23,24);2-12H,1H3,(H,22,23);2-12H,1H3,(H,22,23);1-10H,(H2,19,21)(H,22,23);1-9H,10H2,(H,18,19). The third kappa shape index (κ3) is 24.8. The fraction of sp³-hybridized carbons (Fsp3) is 0.0556. The van der Waals surface area contributed by atoms with Crippen molar-refractivity contribution in [2.75, 3.05) is 59.9 Å². The van der Waals surface area contributed by atoms with Crippen LogP contribution in [-0.2, 0) is 16.4 Å². The van der Waals surface area contributed by atoms with Crippen molar-refractivity contribution in [3.8, 4) is 73.7 Å². The van der Waals surface area contributed by atoms with E-state index in [1.807, 2.05) is 109 Å². The number of benzene rings is 8. The van der Waals surface area contributed by atoms with Gasteiger partial charge >= 0.3 is 0 Å². The van der Waals surface area contributed by atoms with Crippen LogP contribution in [0.1, 0.15) is 47.0 Å². The molecule has 0 radical (unpaired) electrons. The van der Waals surface area contributed by atoms with Gasteiger partial charge in [0, 0.05) is 118 Å². The number of hydrogen-bond donors (Lipinski definition) is 6. The number of methoxy groups -OCH3 is 3. The minimum atomic E-state index is -3.39. The summed E-state index contributed by atoms with van der Waals surface area (Å²) in [6, 6.07) is 80.0. The maximum atomic E-state index is 12.6. The van der Waals surface area contributed by atoms with Crippen molar-refractivity contribution in [3.63, 3.8) is 0 Å². The third-order valence-electron chi connectivity index (χ3n) is 17.0. The Bertz CT molecular complexity index is 6080. The summed E-state index contributed by atoms with van der Waals surface area (Å²) in [6.45, 7) is 0.729. The van der Waals surface area contributed by atoms with Crippen LogP contribution in [0.3, 0.4) is 0 Å². The van der Waals surface area contributed by atoms with Gasteiger partial charge in [0.15, 0.2) is 15.0 Å². The molecule has 15 rings (SSSR count). The number of thiazole rings is 1. The fourth-order valence-corrected chi connectivity index (χ4v) is 13.6. The van der Waals surface area contributed by atoms with Crippen molar-refractivity contribution in [2.24, 2.45) is 0 Å². The molecule has 0 spiro atoms. The number of anilines is 6. The van der Waals surface area contributed by atoms with Crippen molar-refractivity contribution < 1.29 is 41.8 Å². The second-order valence-corrected chi connectivity index (χ2v) is 30.5. The van der Waals surface area contributed by atoms with Crippen molar-refractivity contribution in [3.05, 3.63) is 362 Å². The number of pyridine rings is 6. The Morgan fingerprint density at radius 1 is 0.378 bits per heavy atom. The van der Waals surface area contributed by atoms with Crippen LogP contribution in [0.5, 0.6) is 17.2 Å². The van der Waals surface area contributed by atoms with E-state index in [9.17, 15) is 27.6 Å². The average molecular weight is 1720 g/mol. The summed E-state index contributed by atoms with van der Waals surface area (Å²) >= 11 is 32.7. The molecule has 0 bridgehead atoms. The summed E-state index contributed by atoms with van der Waals surface area (Å²) in [4.78, 5) is 79.6. The smallest absolute Gasteiger partial charge is 0.259 e. The summed E-state index contributed by atoms with van der Waals surface area (Å²) in [5.41, 5.74) is 18.2. The number of nitrogens with zero attached hydrogens (tertiary/aromatic N) is 7. The lowest BCUT2D eigenvalue weighted by atomic mass is 10.1. The molecule has 598 valence electrons. The van der Waals surface area contributed by atoms with E-state index in [0.717, 1.165) is 63.1 Å². The Morgan fingerprint density at radius 3 is 1.18 bits per heavy atom. The van der Waals surface area contributed by atoms with Gasteiger partial charge in [-0.25, -0.2) is 18.4 Å². The fourth-order valence-electron chi connectivity index (χ4n) is 11.1. The van der Waals surface area contributed by atoms with Crippen molar-refractivity contribution in [1.82, 2.24) is 34.9 Å². The molecule has 0 fully saturated rings. The van der Waals surface area contributed by atoms with E-state index in [0.29, 0.717) is 92.4 Å². The largest absolute Gasteiger partial charge is 0.497 e. The molecule has 119 heavy (non-hydrogen) atoms. The number of aromatic nitrogens is 7. The van der Waals surface area contributed by atoms with Gasteiger partial charge in [-0.05, 0) is 206 Å². The van der Waals surface area contributed by atoms with Crippen LogP contribution < -0.4 is 46.5 Å². The first-order valence-corrected chi connectivity index (χ1v) is 40.5. The average Bonchev–Trinajstić information content (AvgIpc) is 1.60. The molecule has 7 N–H and O–H groups in total. The number of sulfone groups is 1. The molecule has 15 aromatic rings. The van der Waals surface area contributed by atoms with Crippen LogP contribution in [-0.4, -0.2) is 94.5 Å². The molecule has 29 heteroatoms. The lowest BCUT2D eigenvalue weighted by Crippen LogP contribution is -2.14. The number of rotatable bonds is 20. The Morgan fingerprint density at radius 2 is 0.773 bits per heavy atom. The molecule has 0 aliphatic carbocycles. The lowest BCUT2D eigenvalue weighted by molar-refractivity contribution is 0.101. The van der Waals surface area contributed by atoms with E-state index in [1.54, 1.807) is 172 Å². The molecule has 0 unspecified atom stereocenters. The summed E-state index contributed by atoms with van der Waals surface area (Å²) < 4.78 is 39.5. The highest BCUT2D eigenvalue weighted by atomic mass is 35.5. The molecule has 4 amide bonds. The summed E-state index contributed by atoms with van der Waals surface area (Å²) in [5, 5.41) is 17.6. The normalized spacial score (nSPS) is 10.5. The molecule has 22 nitrogen and oxygen atoms in total. The van der Waals surface area contributed by atoms with Gasteiger partial charge in [-0.2, -0.15) is 0 Å². The van der Waals surface area contributed by atoms with E-state index in [1.165, 1.54) is 55.5 Å². The number of ether oxygens (including phenoxy) is 3. The number of halogens is 5. The molecule has 0 saturated carbocycles. The highest BCUT2D eigenvalue weighted by Gasteiger charge is 2.19. The summed E-state index contributed by atoms with van der Waals surface area (Å²) in [6.07, 6.45) is 11.1. The second-order valence-electron chi connectivity index (χ2n) is 25.2. The van der Waals surface area contributed by atoms with Crippen LogP contribution in [0.15, 0.2) is 315 Å². The van der Waals surface area contributed by atoms with Crippen LogP contribution in [0.25, 0.3) is 56.4 Å². The van der Waals surface area contributed by atoms with Gasteiger partial charge in [-0.3, -0.25) is 44.1 Å². The predicted octanol–water partition coefficient (Wildman–Crippen LogP) is 21.5. The van der Waals surface area contributed by atoms with Gasteiger partial charge in [0.1, 0.15) is 33.1 Å². The molecule has 0 aliphatic rings. The minimum Gasteiger partial charge on any atom is -0.497 e. The van der Waals surface area contributed by atoms with E-state index in [-0.39, 0.29) is 34.0 Å². The van der Waals surface area contributed by atoms with E-state index in [4.69, 9.17) is 77.9 Å². The number of nitrogen functional groups attached to an aromatic ring is 1. The molecule has 0 aliphatic heterocycles. The number of carbonyl (C=O) groups excluding carboxylic acids is 4.